The number of amides is 2. The zero-order valence-electron chi connectivity index (χ0n) is 16.5. The van der Waals surface area contributed by atoms with Crippen molar-refractivity contribution in [2.24, 2.45) is 11.3 Å². The lowest BCUT2D eigenvalue weighted by atomic mass is 9.92. The molecule has 2 atom stereocenters. The van der Waals surface area contributed by atoms with Crippen LogP contribution in [-0.2, 0) is 14.3 Å². The lowest BCUT2D eigenvalue weighted by Crippen LogP contribution is -2.50. The molecule has 0 saturated heterocycles. The van der Waals surface area contributed by atoms with E-state index in [-0.39, 0.29) is 17.7 Å². The fourth-order valence-corrected chi connectivity index (χ4v) is 2.18. The maximum absolute atomic E-state index is 12.7. The maximum Gasteiger partial charge on any atom is 0.338 e. The summed E-state index contributed by atoms with van der Waals surface area (Å²) < 4.78 is 4.93. The summed E-state index contributed by atoms with van der Waals surface area (Å²) in [5, 5.41) is 5.66. The number of hydrogen-bond acceptors (Lipinski definition) is 4. The van der Waals surface area contributed by atoms with E-state index in [9.17, 15) is 14.4 Å². The third-order valence-corrected chi connectivity index (χ3v) is 4.13. The first kappa shape index (κ1) is 21.7. The Labute approximate surface area is 155 Å². The highest BCUT2D eigenvalue weighted by atomic mass is 16.5. The molecule has 6 heteroatoms. The fourth-order valence-electron chi connectivity index (χ4n) is 2.18. The van der Waals surface area contributed by atoms with Crippen LogP contribution in [0, 0.1) is 11.3 Å². The van der Waals surface area contributed by atoms with Crippen molar-refractivity contribution in [1.82, 2.24) is 5.32 Å². The van der Waals surface area contributed by atoms with Gasteiger partial charge in [0, 0.05) is 11.1 Å². The monoisotopic (exact) mass is 362 g/mol. The van der Waals surface area contributed by atoms with Crippen LogP contribution in [0.15, 0.2) is 24.3 Å². The molecule has 0 spiro atoms. The van der Waals surface area contributed by atoms with Gasteiger partial charge in [-0.15, -0.1) is 0 Å². The largest absolute Gasteiger partial charge is 0.462 e. The fraction of sp³-hybridized carbons (Fsp3) is 0.550. The smallest absolute Gasteiger partial charge is 0.338 e. The van der Waals surface area contributed by atoms with Gasteiger partial charge < -0.3 is 15.4 Å². The number of hydrogen-bond donors (Lipinski definition) is 2. The molecule has 1 aromatic rings. The molecule has 0 aromatic heterocycles. The highest BCUT2D eigenvalue weighted by Crippen LogP contribution is 2.17. The first-order valence-electron chi connectivity index (χ1n) is 8.99. The van der Waals surface area contributed by atoms with Crippen molar-refractivity contribution < 1.29 is 19.1 Å². The normalized spacial score (nSPS) is 13.5. The molecule has 1 rings (SSSR count). The Hall–Kier alpha value is -2.37. The van der Waals surface area contributed by atoms with Crippen molar-refractivity contribution >= 4 is 23.5 Å². The minimum atomic E-state index is -0.628. The van der Waals surface area contributed by atoms with Gasteiger partial charge in [-0.05, 0) is 37.1 Å². The second kappa shape index (κ2) is 9.36. The molecular weight excluding hydrogens is 332 g/mol. The topological polar surface area (TPSA) is 84.5 Å². The molecular formula is C20H30N2O4. The number of anilines is 1. The number of rotatable bonds is 7. The summed E-state index contributed by atoms with van der Waals surface area (Å²) in [7, 11) is 0. The first-order chi connectivity index (χ1) is 12.1. The van der Waals surface area contributed by atoms with E-state index in [0.717, 1.165) is 6.42 Å². The number of nitrogens with one attached hydrogen (secondary N) is 2. The van der Waals surface area contributed by atoms with Crippen LogP contribution in [0.5, 0.6) is 0 Å². The van der Waals surface area contributed by atoms with Gasteiger partial charge in [0.25, 0.3) is 0 Å². The predicted molar refractivity (Wildman–Crippen MR) is 102 cm³/mol. The summed E-state index contributed by atoms with van der Waals surface area (Å²) in [6, 6.07) is 5.85. The Morgan fingerprint density at radius 1 is 1.08 bits per heavy atom. The summed E-state index contributed by atoms with van der Waals surface area (Å²) in [4.78, 5) is 36.6. The first-order valence-corrected chi connectivity index (χ1v) is 8.99. The van der Waals surface area contributed by atoms with E-state index in [1.807, 2.05) is 34.6 Å². The second-order valence-corrected chi connectivity index (χ2v) is 7.37. The number of carbonyl (C=O) groups excluding carboxylic acids is 3. The summed E-state index contributed by atoms with van der Waals surface area (Å²) in [5.74, 6) is -0.864. The van der Waals surface area contributed by atoms with E-state index in [4.69, 9.17) is 4.74 Å². The molecule has 6 nitrogen and oxygen atoms in total. The molecule has 0 aliphatic rings. The molecule has 2 N–H and O–H groups in total. The quantitative estimate of drug-likeness (QED) is 0.728. The molecule has 0 bridgehead atoms. The number of ether oxygens (including phenoxy) is 1. The number of benzene rings is 1. The van der Waals surface area contributed by atoms with Gasteiger partial charge in [0.2, 0.25) is 11.8 Å². The predicted octanol–water partition coefficient (Wildman–Crippen LogP) is 3.38. The molecule has 2 amide bonds. The van der Waals surface area contributed by atoms with E-state index >= 15 is 0 Å². The van der Waals surface area contributed by atoms with E-state index in [2.05, 4.69) is 10.6 Å². The van der Waals surface area contributed by atoms with Gasteiger partial charge in [0.15, 0.2) is 0 Å². The zero-order chi connectivity index (χ0) is 19.9. The van der Waals surface area contributed by atoms with Gasteiger partial charge in [0.05, 0.1) is 12.2 Å². The van der Waals surface area contributed by atoms with Crippen LogP contribution in [0.25, 0.3) is 0 Å². The zero-order valence-corrected chi connectivity index (χ0v) is 16.5. The summed E-state index contributed by atoms with van der Waals surface area (Å²) >= 11 is 0. The molecule has 0 aliphatic carbocycles. The Morgan fingerprint density at radius 2 is 1.65 bits per heavy atom. The summed E-state index contributed by atoms with van der Waals surface area (Å²) in [6.07, 6.45) is 0.754. The summed E-state index contributed by atoms with van der Waals surface area (Å²) in [5.41, 5.74) is 0.401. The molecule has 0 heterocycles. The minimum absolute atomic E-state index is 0.0138. The maximum atomic E-state index is 12.7. The molecule has 0 saturated carbocycles. The van der Waals surface area contributed by atoms with Crippen molar-refractivity contribution in [2.45, 2.75) is 54.0 Å². The molecule has 1 aromatic carbocycles. The average molecular weight is 362 g/mol. The standard InChI is InChI=1S/C20H30N2O4/c1-7-13(3)16(22-19(25)20(4,5)6)17(23)21-15-11-9-14(10-12-15)18(24)26-8-2/h9-13,16H,7-8H2,1-6H3,(H,21,23)(H,22,25). The molecule has 0 aliphatic heterocycles. The van der Waals surface area contributed by atoms with Crippen molar-refractivity contribution in [3.05, 3.63) is 29.8 Å². The highest BCUT2D eigenvalue weighted by Gasteiger charge is 2.30. The van der Waals surface area contributed by atoms with E-state index in [0.29, 0.717) is 17.9 Å². The number of carbonyl (C=O) groups is 3. The van der Waals surface area contributed by atoms with Crippen molar-refractivity contribution in [3.63, 3.8) is 0 Å². The van der Waals surface area contributed by atoms with Crippen LogP contribution in [-0.4, -0.2) is 30.4 Å². The van der Waals surface area contributed by atoms with Gasteiger partial charge in [-0.2, -0.15) is 0 Å². The molecule has 0 radical (unpaired) electrons. The van der Waals surface area contributed by atoms with E-state index in [1.165, 1.54) is 0 Å². The van der Waals surface area contributed by atoms with Crippen LogP contribution < -0.4 is 10.6 Å². The van der Waals surface area contributed by atoms with Crippen LogP contribution in [0.1, 0.15) is 58.3 Å². The van der Waals surface area contributed by atoms with Gasteiger partial charge >= 0.3 is 5.97 Å². The van der Waals surface area contributed by atoms with Crippen molar-refractivity contribution in [2.75, 3.05) is 11.9 Å². The Kier molecular flexibility index (Phi) is 7.80. The SMILES string of the molecule is CCOC(=O)c1ccc(NC(=O)C(NC(=O)C(C)(C)C)C(C)CC)cc1. The third kappa shape index (κ3) is 6.17. The minimum Gasteiger partial charge on any atom is -0.462 e. The van der Waals surface area contributed by atoms with E-state index in [1.54, 1.807) is 31.2 Å². The van der Waals surface area contributed by atoms with Crippen LogP contribution in [0.2, 0.25) is 0 Å². The lowest BCUT2D eigenvalue weighted by molar-refractivity contribution is -0.132. The highest BCUT2D eigenvalue weighted by molar-refractivity contribution is 5.98. The molecule has 144 valence electrons. The van der Waals surface area contributed by atoms with Gasteiger partial charge in [0.1, 0.15) is 6.04 Å². The van der Waals surface area contributed by atoms with Crippen molar-refractivity contribution in [3.8, 4) is 0 Å². The Morgan fingerprint density at radius 3 is 2.12 bits per heavy atom. The van der Waals surface area contributed by atoms with Gasteiger partial charge in [-0.25, -0.2) is 4.79 Å². The van der Waals surface area contributed by atoms with Gasteiger partial charge in [-0.3, -0.25) is 9.59 Å². The third-order valence-electron chi connectivity index (χ3n) is 4.13. The Balaban J connectivity index is 2.86. The van der Waals surface area contributed by atoms with Crippen LogP contribution in [0.4, 0.5) is 5.69 Å². The van der Waals surface area contributed by atoms with Crippen LogP contribution >= 0.6 is 0 Å². The van der Waals surface area contributed by atoms with Crippen LogP contribution in [0.3, 0.4) is 0 Å². The molecule has 26 heavy (non-hydrogen) atoms. The Bertz CT molecular complexity index is 632. The lowest BCUT2D eigenvalue weighted by Gasteiger charge is -2.27. The summed E-state index contributed by atoms with van der Waals surface area (Å²) in [6.45, 7) is 11.4. The van der Waals surface area contributed by atoms with Crippen molar-refractivity contribution in [1.29, 1.82) is 0 Å². The number of esters is 1. The molecule has 0 fully saturated rings. The molecule has 2 unspecified atom stereocenters. The van der Waals surface area contributed by atoms with E-state index < -0.39 is 17.4 Å². The second-order valence-electron chi connectivity index (χ2n) is 7.37. The average Bonchev–Trinajstić information content (AvgIpc) is 2.58. The van der Waals surface area contributed by atoms with Gasteiger partial charge in [-0.1, -0.05) is 41.0 Å².